The van der Waals surface area contributed by atoms with Crippen LogP contribution >= 0.6 is 0 Å². The predicted octanol–water partition coefficient (Wildman–Crippen LogP) is 3.05. The Morgan fingerprint density at radius 2 is 1.83 bits per heavy atom. The van der Waals surface area contributed by atoms with Crippen LogP contribution in [0.25, 0.3) is 16.9 Å². The van der Waals surface area contributed by atoms with E-state index in [1.54, 1.807) is 31.0 Å². The summed E-state index contributed by atoms with van der Waals surface area (Å²) < 4.78 is 31.7. The number of morpholine rings is 1. The van der Waals surface area contributed by atoms with Crippen LogP contribution in [0.15, 0.2) is 36.4 Å². The lowest BCUT2D eigenvalue weighted by molar-refractivity contribution is 0.0374. The van der Waals surface area contributed by atoms with Crippen LogP contribution in [0.5, 0.6) is 11.5 Å². The van der Waals surface area contributed by atoms with Crippen LogP contribution in [0.2, 0.25) is 0 Å². The van der Waals surface area contributed by atoms with E-state index in [0.29, 0.717) is 35.8 Å². The molecule has 2 heterocycles. The number of aromatic nitrogens is 2. The minimum atomic E-state index is -0.331. The Bertz CT molecular complexity index is 1220. The summed E-state index contributed by atoms with van der Waals surface area (Å²) in [6, 6.07) is 9.94. The maximum Gasteiger partial charge on any atom is 0.272 e. The zero-order valence-corrected chi connectivity index (χ0v) is 20.0. The third kappa shape index (κ3) is 4.61. The largest absolute Gasteiger partial charge is 0.493 e. The van der Waals surface area contributed by atoms with Crippen molar-refractivity contribution in [2.45, 2.75) is 12.8 Å². The number of amides is 1. The van der Waals surface area contributed by atoms with Gasteiger partial charge in [0.2, 0.25) is 0 Å². The highest BCUT2D eigenvalue weighted by Crippen LogP contribution is 2.44. The molecule has 35 heavy (non-hydrogen) atoms. The third-order valence-corrected chi connectivity index (χ3v) is 6.54. The van der Waals surface area contributed by atoms with Crippen molar-refractivity contribution in [2.75, 3.05) is 53.6 Å². The first kappa shape index (κ1) is 23.3. The van der Waals surface area contributed by atoms with E-state index in [4.69, 9.17) is 14.2 Å². The molecule has 1 amide bonds. The number of methoxy groups -OCH3 is 2. The van der Waals surface area contributed by atoms with Crippen molar-refractivity contribution in [2.24, 2.45) is 0 Å². The van der Waals surface area contributed by atoms with Crippen molar-refractivity contribution in [3.05, 3.63) is 59.0 Å². The van der Waals surface area contributed by atoms with Gasteiger partial charge in [0.1, 0.15) is 5.82 Å². The SMILES string of the molecule is COc1cc2c(cc1OC)-c1c(c(C(=O)NCCCN3CCOCC3)nn1-c1ccc(F)cc1)C2. The van der Waals surface area contributed by atoms with Crippen molar-refractivity contribution < 1.29 is 23.4 Å². The summed E-state index contributed by atoms with van der Waals surface area (Å²) in [4.78, 5) is 15.6. The Balaban J connectivity index is 1.43. The summed E-state index contributed by atoms with van der Waals surface area (Å²) in [6.45, 7) is 4.84. The Labute approximate surface area is 203 Å². The Kier molecular flexibility index (Phi) is 6.70. The first-order chi connectivity index (χ1) is 17.1. The molecule has 2 aliphatic rings. The average Bonchev–Trinajstić information content (AvgIpc) is 3.43. The number of nitrogens with zero attached hydrogens (tertiary/aromatic N) is 3. The van der Waals surface area contributed by atoms with Gasteiger partial charge in [0, 0.05) is 37.2 Å². The van der Waals surface area contributed by atoms with E-state index in [0.717, 1.165) is 61.7 Å². The van der Waals surface area contributed by atoms with Gasteiger partial charge in [-0.15, -0.1) is 0 Å². The van der Waals surface area contributed by atoms with E-state index < -0.39 is 0 Å². The lowest BCUT2D eigenvalue weighted by Gasteiger charge is -2.26. The first-order valence-corrected chi connectivity index (χ1v) is 11.8. The number of ether oxygens (including phenoxy) is 3. The first-order valence-electron chi connectivity index (χ1n) is 11.8. The van der Waals surface area contributed by atoms with E-state index in [1.165, 1.54) is 12.1 Å². The standard InChI is InChI=1S/C26H29FN4O4/c1-33-22-15-17-14-21-24(26(32)28-8-3-9-30-10-12-35-13-11-30)29-31(19-6-4-18(27)5-7-19)25(21)20(17)16-23(22)34-2/h4-7,15-16H,3,8-14H2,1-2H3,(H,28,32). The highest BCUT2D eigenvalue weighted by atomic mass is 19.1. The van der Waals surface area contributed by atoms with Gasteiger partial charge in [0.15, 0.2) is 17.2 Å². The quantitative estimate of drug-likeness (QED) is 0.391. The molecular weight excluding hydrogens is 451 g/mol. The van der Waals surface area contributed by atoms with Crippen LogP contribution in [-0.2, 0) is 11.2 Å². The minimum absolute atomic E-state index is 0.212. The molecule has 1 aromatic heterocycles. The highest BCUT2D eigenvalue weighted by Gasteiger charge is 2.32. The van der Waals surface area contributed by atoms with Crippen LogP contribution in [0.1, 0.15) is 28.0 Å². The van der Waals surface area contributed by atoms with Crippen molar-refractivity contribution in [3.8, 4) is 28.4 Å². The number of fused-ring (bicyclic) bond motifs is 3. The van der Waals surface area contributed by atoms with Crippen LogP contribution in [0.4, 0.5) is 4.39 Å². The zero-order valence-electron chi connectivity index (χ0n) is 20.0. The number of hydrogen-bond donors (Lipinski definition) is 1. The summed E-state index contributed by atoms with van der Waals surface area (Å²) in [6.07, 6.45) is 1.39. The maximum atomic E-state index is 13.6. The Hall–Kier alpha value is -3.43. The fourth-order valence-electron chi connectivity index (χ4n) is 4.74. The zero-order chi connectivity index (χ0) is 24.4. The molecule has 3 aromatic rings. The van der Waals surface area contributed by atoms with Crippen molar-refractivity contribution in [3.63, 3.8) is 0 Å². The molecular formula is C26H29FN4O4. The summed E-state index contributed by atoms with van der Waals surface area (Å²) in [5.41, 5.74) is 4.64. The number of carbonyl (C=O) groups excluding carboxylic acids is 1. The Morgan fingerprint density at radius 3 is 2.54 bits per heavy atom. The fourth-order valence-corrected chi connectivity index (χ4v) is 4.74. The average molecular weight is 481 g/mol. The van der Waals surface area contributed by atoms with E-state index in [9.17, 15) is 9.18 Å². The second-order valence-electron chi connectivity index (χ2n) is 8.67. The molecule has 0 unspecified atom stereocenters. The molecule has 0 radical (unpaired) electrons. The molecule has 184 valence electrons. The van der Waals surface area contributed by atoms with E-state index in [2.05, 4.69) is 15.3 Å². The molecule has 1 saturated heterocycles. The summed E-state index contributed by atoms with van der Waals surface area (Å²) in [5.74, 6) is 0.685. The monoisotopic (exact) mass is 480 g/mol. The number of benzene rings is 2. The van der Waals surface area contributed by atoms with E-state index in [1.807, 2.05) is 12.1 Å². The Morgan fingerprint density at radius 1 is 1.11 bits per heavy atom. The van der Waals surface area contributed by atoms with Crippen molar-refractivity contribution >= 4 is 5.91 Å². The fraction of sp³-hybridized carbons (Fsp3) is 0.385. The van der Waals surface area contributed by atoms with Gasteiger partial charge in [-0.3, -0.25) is 9.69 Å². The lowest BCUT2D eigenvalue weighted by atomic mass is 10.1. The molecule has 2 aromatic carbocycles. The van der Waals surface area contributed by atoms with Gasteiger partial charge < -0.3 is 19.5 Å². The molecule has 1 aliphatic heterocycles. The van der Waals surface area contributed by atoms with Crippen molar-refractivity contribution in [1.82, 2.24) is 20.0 Å². The second kappa shape index (κ2) is 10.1. The molecule has 8 nitrogen and oxygen atoms in total. The van der Waals surface area contributed by atoms with Crippen LogP contribution in [0, 0.1) is 5.82 Å². The molecule has 1 aliphatic carbocycles. The van der Waals surface area contributed by atoms with Crippen molar-refractivity contribution in [1.29, 1.82) is 0 Å². The minimum Gasteiger partial charge on any atom is -0.493 e. The van der Waals surface area contributed by atoms with Gasteiger partial charge in [-0.1, -0.05) is 0 Å². The molecule has 1 fully saturated rings. The van der Waals surface area contributed by atoms with E-state index in [-0.39, 0.29) is 11.7 Å². The molecule has 0 bridgehead atoms. The summed E-state index contributed by atoms with van der Waals surface area (Å²) >= 11 is 0. The second-order valence-corrected chi connectivity index (χ2v) is 8.67. The van der Waals surface area contributed by atoms with E-state index >= 15 is 0 Å². The number of rotatable bonds is 8. The molecule has 9 heteroatoms. The summed E-state index contributed by atoms with van der Waals surface area (Å²) in [7, 11) is 3.19. The molecule has 5 rings (SSSR count). The molecule has 1 N–H and O–H groups in total. The normalized spacial score (nSPS) is 14.9. The molecule has 0 spiro atoms. The predicted molar refractivity (Wildman–Crippen MR) is 129 cm³/mol. The number of halogens is 1. The van der Waals surface area contributed by atoms with Crippen LogP contribution < -0.4 is 14.8 Å². The number of carbonyl (C=O) groups is 1. The van der Waals surface area contributed by atoms with Gasteiger partial charge in [-0.25, -0.2) is 9.07 Å². The molecule has 0 atom stereocenters. The van der Waals surface area contributed by atoms with Crippen LogP contribution in [-0.4, -0.2) is 74.2 Å². The lowest BCUT2D eigenvalue weighted by Crippen LogP contribution is -2.38. The van der Waals surface area contributed by atoms with Gasteiger partial charge in [0.25, 0.3) is 5.91 Å². The maximum absolute atomic E-state index is 13.6. The third-order valence-electron chi connectivity index (χ3n) is 6.54. The number of nitrogens with one attached hydrogen (secondary N) is 1. The number of hydrogen-bond acceptors (Lipinski definition) is 6. The topological polar surface area (TPSA) is 77.8 Å². The smallest absolute Gasteiger partial charge is 0.272 e. The molecule has 0 saturated carbocycles. The highest BCUT2D eigenvalue weighted by molar-refractivity contribution is 5.97. The van der Waals surface area contributed by atoms with Gasteiger partial charge in [-0.2, -0.15) is 5.10 Å². The van der Waals surface area contributed by atoms with Crippen LogP contribution in [0.3, 0.4) is 0 Å². The van der Waals surface area contributed by atoms with Gasteiger partial charge >= 0.3 is 0 Å². The summed E-state index contributed by atoms with van der Waals surface area (Å²) in [5, 5.41) is 7.71. The van der Waals surface area contributed by atoms with Gasteiger partial charge in [0.05, 0.1) is 38.8 Å². The van der Waals surface area contributed by atoms with Gasteiger partial charge in [-0.05, 0) is 54.9 Å².